The van der Waals surface area contributed by atoms with E-state index < -0.39 is 0 Å². The lowest BCUT2D eigenvalue weighted by atomic mass is 9.98. The van der Waals surface area contributed by atoms with Crippen molar-refractivity contribution in [2.75, 3.05) is 20.2 Å². The number of aryl methyl sites for hydroxylation is 1. The van der Waals surface area contributed by atoms with Crippen LogP contribution in [0.4, 0.5) is 0 Å². The summed E-state index contributed by atoms with van der Waals surface area (Å²) in [6, 6.07) is 6.27. The van der Waals surface area contributed by atoms with Gasteiger partial charge in [-0.15, -0.1) is 0 Å². The second-order valence-corrected chi connectivity index (χ2v) is 4.50. The minimum absolute atomic E-state index is 0.145. The number of nitrogens with one attached hydrogen (secondary N) is 1. The van der Waals surface area contributed by atoms with Crippen LogP contribution in [0, 0.1) is 12.3 Å². The maximum Gasteiger partial charge on any atom is 0.188 e. The molecule has 0 amide bonds. The highest BCUT2D eigenvalue weighted by Crippen LogP contribution is 2.27. The second-order valence-electron chi connectivity index (χ2n) is 4.50. The Bertz CT molecular complexity index is 494. The van der Waals surface area contributed by atoms with Gasteiger partial charge in [0.05, 0.1) is 7.11 Å². The molecule has 2 rings (SSSR count). The summed E-state index contributed by atoms with van der Waals surface area (Å²) < 4.78 is 5.34. The first-order valence-corrected chi connectivity index (χ1v) is 6.05. The van der Waals surface area contributed by atoms with Gasteiger partial charge >= 0.3 is 0 Å². The van der Waals surface area contributed by atoms with Crippen LogP contribution in [0.1, 0.15) is 17.5 Å². The van der Waals surface area contributed by atoms with Crippen LogP contribution in [-0.4, -0.2) is 31.1 Å². The van der Waals surface area contributed by atoms with Crippen molar-refractivity contribution in [2.24, 2.45) is 5.73 Å². The summed E-state index contributed by atoms with van der Waals surface area (Å²) in [6.45, 7) is 3.55. The molecule has 1 aromatic rings. The zero-order valence-electron chi connectivity index (χ0n) is 10.9. The molecule has 0 fully saturated rings. The molecule has 0 atom stereocenters. The average Bonchev–Trinajstić information content (AvgIpc) is 2.39. The van der Waals surface area contributed by atoms with Gasteiger partial charge in [-0.1, -0.05) is 18.2 Å². The molecule has 0 saturated heterocycles. The lowest BCUT2D eigenvalue weighted by molar-refractivity contribution is 0.411. The van der Waals surface area contributed by atoms with Gasteiger partial charge in [-0.2, -0.15) is 0 Å². The van der Waals surface area contributed by atoms with Gasteiger partial charge < -0.3 is 15.4 Å². The quantitative estimate of drug-likeness (QED) is 0.618. The van der Waals surface area contributed by atoms with E-state index in [9.17, 15) is 0 Å². The standard InChI is InChI=1S/C14H19N3O/c1-10-3-4-12(9-13(10)18-2)11-5-7-17(8-6-11)14(15)16/h3-5,9H,6-8H2,1-2H3,(H3,15,16). The lowest BCUT2D eigenvalue weighted by Crippen LogP contribution is -2.39. The minimum Gasteiger partial charge on any atom is -0.496 e. The molecule has 0 radical (unpaired) electrons. The molecule has 18 heavy (non-hydrogen) atoms. The van der Waals surface area contributed by atoms with Crippen LogP contribution in [-0.2, 0) is 0 Å². The Kier molecular flexibility index (Phi) is 3.55. The van der Waals surface area contributed by atoms with Crippen LogP contribution >= 0.6 is 0 Å². The zero-order chi connectivity index (χ0) is 13.1. The van der Waals surface area contributed by atoms with E-state index in [-0.39, 0.29) is 5.96 Å². The van der Waals surface area contributed by atoms with Gasteiger partial charge in [-0.3, -0.25) is 5.41 Å². The molecule has 0 saturated carbocycles. The van der Waals surface area contributed by atoms with Crippen molar-refractivity contribution in [1.82, 2.24) is 4.90 Å². The smallest absolute Gasteiger partial charge is 0.188 e. The number of nitrogens with two attached hydrogens (primary N) is 1. The van der Waals surface area contributed by atoms with E-state index in [4.69, 9.17) is 15.9 Å². The van der Waals surface area contributed by atoms with Crippen molar-refractivity contribution in [1.29, 1.82) is 5.41 Å². The average molecular weight is 245 g/mol. The Hall–Kier alpha value is -1.97. The molecular weight excluding hydrogens is 226 g/mol. The monoisotopic (exact) mass is 245 g/mol. The van der Waals surface area contributed by atoms with Gasteiger partial charge in [0.2, 0.25) is 0 Å². The Morgan fingerprint density at radius 3 is 2.78 bits per heavy atom. The number of nitrogens with zero attached hydrogens (tertiary/aromatic N) is 1. The third-order valence-electron chi connectivity index (χ3n) is 3.33. The van der Waals surface area contributed by atoms with Crippen molar-refractivity contribution in [3.05, 3.63) is 35.4 Å². The molecule has 1 aromatic carbocycles. The summed E-state index contributed by atoms with van der Waals surface area (Å²) in [4.78, 5) is 1.86. The highest BCUT2D eigenvalue weighted by Gasteiger charge is 2.14. The number of guanidine groups is 1. The van der Waals surface area contributed by atoms with Crippen molar-refractivity contribution in [3.63, 3.8) is 0 Å². The van der Waals surface area contributed by atoms with Crippen molar-refractivity contribution >= 4 is 11.5 Å². The van der Waals surface area contributed by atoms with E-state index in [0.29, 0.717) is 6.54 Å². The molecule has 1 aliphatic heterocycles. The van der Waals surface area contributed by atoms with Crippen LogP contribution in [0.5, 0.6) is 5.75 Å². The van der Waals surface area contributed by atoms with Crippen LogP contribution in [0.2, 0.25) is 0 Å². The first-order valence-electron chi connectivity index (χ1n) is 6.05. The van der Waals surface area contributed by atoms with Gasteiger partial charge in [-0.05, 0) is 36.1 Å². The van der Waals surface area contributed by atoms with E-state index >= 15 is 0 Å². The second kappa shape index (κ2) is 5.12. The fourth-order valence-corrected chi connectivity index (χ4v) is 2.17. The number of hydrogen-bond donors (Lipinski definition) is 2. The van der Waals surface area contributed by atoms with Crippen LogP contribution in [0.25, 0.3) is 5.57 Å². The molecule has 0 aliphatic carbocycles. The first-order chi connectivity index (χ1) is 8.61. The maximum atomic E-state index is 7.41. The molecule has 4 heteroatoms. The van der Waals surface area contributed by atoms with Gasteiger partial charge in [0.25, 0.3) is 0 Å². The molecule has 96 valence electrons. The Morgan fingerprint density at radius 2 is 2.22 bits per heavy atom. The van der Waals surface area contributed by atoms with Crippen molar-refractivity contribution < 1.29 is 4.74 Å². The van der Waals surface area contributed by atoms with E-state index in [1.165, 1.54) is 11.1 Å². The fraction of sp³-hybridized carbons (Fsp3) is 0.357. The number of rotatable bonds is 2. The first kappa shape index (κ1) is 12.5. The van der Waals surface area contributed by atoms with Gasteiger partial charge in [0.1, 0.15) is 5.75 Å². The molecular formula is C14H19N3O. The third-order valence-corrected chi connectivity index (χ3v) is 3.33. The number of hydrogen-bond acceptors (Lipinski definition) is 2. The summed E-state index contributed by atoms with van der Waals surface area (Å²) in [5, 5.41) is 7.41. The van der Waals surface area contributed by atoms with E-state index in [2.05, 4.69) is 24.3 Å². The Morgan fingerprint density at radius 1 is 1.44 bits per heavy atom. The summed E-state index contributed by atoms with van der Waals surface area (Å²) in [5.41, 5.74) is 9.11. The largest absolute Gasteiger partial charge is 0.496 e. The molecule has 0 bridgehead atoms. The zero-order valence-corrected chi connectivity index (χ0v) is 10.9. The molecule has 3 N–H and O–H groups in total. The predicted molar refractivity (Wildman–Crippen MR) is 73.8 cm³/mol. The SMILES string of the molecule is COc1cc(C2=CCN(C(=N)N)CC2)ccc1C. The summed E-state index contributed by atoms with van der Waals surface area (Å²) >= 11 is 0. The normalized spacial score (nSPS) is 15.2. The summed E-state index contributed by atoms with van der Waals surface area (Å²) in [7, 11) is 1.69. The Balaban J connectivity index is 2.20. The Labute approximate surface area is 108 Å². The predicted octanol–water partition coefficient (Wildman–Crippen LogP) is 1.99. The third kappa shape index (κ3) is 2.47. The molecule has 1 heterocycles. The van der Waals surface area contributed by atoms with Crippen molar-refractivity contribution in [2.45, 2.75) is 13.3 Å². The maximum absolute atomic E-state index is 7.41. The van der Waals surface area contributed by atoms with E-state index in [1.807, 2.05) is 11.8 Å². The van der Waals surface area contributed by atoms with Gasteiger partial charge in [0.15, 0.2) is 5.96 Å². The van der Waals surface area contributed by atoms with Crippen LogP contribution in [0.3, 0.4) is 0 Å². The number of methoxy groups -OCH3 is 1. The highest BCUT2D eigenvalue weighted by atomic mass is 16.5. The molecule has 4 nitrogen and oxygen atoms in total. The van der Waals surface area contributed by atoms with Gasteiger partial charge in [-0.25, -0.2) is 0 Å². The lowest BCUT2D eigenvalue weighted by Gasteiger charge is -2.26. The molecule has 1 aliphatic rings. The molecule has 0 spiro atoms. The fourth-order valence-electron chi connectivity index (χ4n) is 2.17. The minimum atomic E-state index is 0.145. The summed E-state index contributed by atoms with van der Waals surface area (Å²) in [6.07, 6.45) is 3.04. The van der Waals surface area contributed by atoms with Crippen LogP contribution < -0.4 is 10.5 Å². The molecule has 0 aromatic heterocycles. The van der Waals surface area contributed by atoms with E-state index in [0.717, 1.165) is 24.3 Å². The van der Waals surface area contributed by atoms with Gasteiger partial charge in [0, 0.05) is 13.1 Å². The van der Waals surface area contributed by atoms with Crippen molar-refractivity contribution in [3.8, 4) is 5.75 Å². The van der Waals surface area contributed by atoms with E-state index in [1.54, 1.807) is 7.11 Å². The van der Waals surface area contributed by atoms with Crippen LogP contribution in [0.15, 0.2) is 24.3 Å². The topological polar surface area (TPSA) is 62.3 Å². The summed E-state index contributed by atoms with van der Waals surface area (Å²) in [5.74, 6) is 1.06. The molecule has 0 unspecified atom stereocenters. The number of benzene rings is 1. The number of ether oxygens (including phenoxy) is 1. The highest BCUT2D eigenvalue weighted by molar-refractivity contribution is 5.77.